The smallest absolute Gasteiger partial charge is 0.234 e. The Balaban J connectivity index is 0.00000128. The lowest BCUT2D eigenvalue weighted by Crippen LogP contribution is -2.49. The second-order valence-corrected chi connectivity index (χ2v) is 5.01. The van der Waals surface area contributed by atoms with Crippen LogP contribution in [0.1, 0.15) is 26.2 Å². The van der Waals surface area contributed by atoms with Crippen molar-refractivity contribution >= 4 is 18.3 Å². The fourth-order valence-electron chi connectivity index (χ4n) is 2.10. The van der Waals surface area contributed by atoms with E-state index in [-0.39, 0.29) is 18.3 Å². The predicted octanol–water partition coefficient (Wildman–Crippen LogP) is 0.356. The molecule has 0 aromatic rings. The average molecular weight is 248 g/mol. The van der Waals surface area contributed by atoms with Crippen molar-refractivity contribution in [1.29, 1.82) is 0 Å². The number of likely N-dealkylation sites (tertiary alicyclic amines) is 1. The van der Waals surface area contributed by atoms with Crippen LogP contribution < -0.4 is 11.1 Å². The predicted molar refractivity (Wildman–Crippen MR) is 66.6 cm³/mol. The van der Waals surface area contributed by atoms with E-state index in [1.54, 1.807) is 0 Å². The molecule has 0 bridgehead atoms. The Hall–Kier alpha value is -0.320. The molecule has 0 aromatic carbocycles. The highest BCUT2D eigenvalue weighted by Crippen LogP contribution is 2.19. The Bertz CT molecular complexity index is 245. The molecule has 94 valence electrons. The number of rotatable bonds is 3. The van der Waals surface area contributed by atoms with Crippen LogP contribution in [0.4, 0.5) is 0 Å². The van der Waals surface area contributed by atoms with E-state index in [0.717, 1.165) is 32.4 Å². The first-order valence-corrected chi connectivity index (χ1v) is 5.92. The number of nitrogens with zero attached hydrogens (tertiary/aromatic N) is 1. The molecule has 3 N–H and O–H groups in total. The molecular weight excluding hydrogens is 226 g/mol. The molecule has 2 atom stereocenters. The molecule has 1 aliphatic heterocycles. The number of hydrogen-bond acceptors (Lipinski definition) is 3. The van der Waals surface area contributed by atoms with Gasteiger partial charge in [0, 0.05) is 25.2 Å². The van der Waals surface area contributed by atoms with E-state index < -0.39 is 0 Å². The van der Waals surface area contributed by atoms with E-state index in [9.17, 15) is 4.79 Å². The number of hydrogen-bond donors (Lipinski definition) is 2. The minimum absolute atomic E-state index is 0. The molecule has 0 radical (unpaired) electrons. The zero-order valence-electron chi connectivity index (χ0n) is 9.82. The van der Waals surface area contributed by atoms with Crippen LogP contribution in [-0.2, 0) is 4.79 Å². The van der Waals surface area contributed by atoms with Crippen molar-refractivity contribution in [3.63, 3.8) is 0 Å². The Morgan fingerprint density at radius 2 is 2.12 bits per heavy atom. The molecule has 1 saturated carbocycles. The lowest BCUT2D eigenvalue weighted by molar-refractivity contribution is -0.122. The third-order valence-electron chi connectivity index (χ3n) is 3.37. The summed E-state index contributed by atoms with van der Waals surface area (Å²) in [5, 5.41) is 3.02. The molecule has 0 spiro atoms. The van der Waals surface area contributed by atoms with Crippen LogP contribution in [0, 0.1) is 5.92 Å². The van der Waals surface area contributed by atoms with E-state index in [2.05, 4.69) is 17.1 Å². The van der Waals surface area contributed by atoms with Gasteiger partial charge in [-0.1, -0.05) is 6.92 Å². The van der Waals surface area contributed by atoms with Crippen LogP contribution in [0.15, 0.2) is 0 Å². The van der Waals surface area contributed by atoms with Crippen molar-refractivity contribution in [3.8, 4) is 0 Å². The van der Waals surface area contributed by atoms with Crippen molar-refractivity contribution in [1.82, 2.24) is 10.2 Å². The molecule has 16 heavy (non-hydrogen) atoms. The summed E-state index contributed by atoms with van der Waals surface area (Å²) in [4.78, 5) is 13.8. The van der Waals surface area contributed by atoms with Gasteiger partial charge < -0.3 is 11.1 Å². The molecule has 1 amide bonds. The fourth-order valence-corrected chi connectivity index (χ4v) is 2.10. The van der Waals surface area contributed by atoms with E-state index >= 15 is 0 Å². The zero-order valence-corrected chi connectivity index (χ0v) is 10.6. The van der Waals surface area contributed by atoms with Gasteiger partial charge in [-0.15, -0.1) is 12.4 Å². The Kier molecular flexibility index (Phi) is 5.02. The minimum atomic E-state index is 0. The number of nitrogens with two attached hydrogens (primary N) is 1. The lowest BCUT2D eigenvalue weighted by Gasteiger charge is -2.34. The first-order chi connectivity index (χ1) is 7.15. The Morgan fingerprint density at radius 3 is 2.69 bits per heavy atom. The van der Waals surface area contributed by atoms with Crippen molar-refractivity contribution in [2.75, 3.05) is 19.6 Å². The first kappa shape index (κ1) is 13.7. The van der Waals surface area contributed by atoms with E-state index in [0.29, 0.717) is 24.5 Å². The maximum atomic E-state index is 11.6. The third-order valence-corrected chi connectivity index (χ3v) is 3.37. The maximum Gasteiger partial charge on any atom is 0.234 e. The number of piperidine rings is 1. The largest absolute Gasteiger partial charge is 0.352 e. The van der Waals surface area contributed by atoms with Gasteiger partial charge in [-0.25, -0.2) is 0 Å². The van der Waals surface area contributed by atoms with Crippen LogP contribution in [0.5, 0.6) is 0 Å². The number of halogens is 1. The van der Waals surface area contributed by atoms with Crippen molar-refractivity contribution in [2.45, 2.75) is 38.3 Å². The summed E-state index contributed by atoms with van der Waals surface area (Å²) in [5.41, 5.74) is 5.93. The van der Waals surface area contributed by atoms with E-state index in [1.165, 1.54) is 0 Å². The van der Waals surface area contributed by atoms with Gasteiger partial charge >= 0.3 is 0 Å². The fraction of sp³-hybridized carbons (Fsp3) is 0.909. The number of amides is 1. The zero-order chi connectivity index (χ0) is 10.8. The normalized spacial score (nSPS) is 30.6. The second kappa shape index (κ2) is 5.84. The summed E-state index contributed by atoms with van der Waals surface area (Å²) < 4.78 is 0. The molecule has 4 nitrogen and oxygen atoms in total. The molecule has 2 aliphatic rings. The number of nitrogens with one attached hydrogen (secondary N) is 1. The number of carbonyl (C=O) groups is 1. The summed E-state index contributed by atoms with van der Waals surface area (Å²) in [7, 11) is 0. The Labute approximate surface area is 103 Å². The van der Waals surface area contributed by atoms with Gasteiger partial charge in [0.15, 0.2) is 0 Å². The van der Waals surface area contributed by atoms with Gasteiger partial charge in [-0.2, -0.15) is 0 Å². The summed E-state index contributed by atoms with van der Waals surface area (Å²) in [5.74, 6) is 0.688. The quantitative estimate of drug-likeness (QED) is 0.757. The third kappa shape index (κ3) is 3.92. The van der Waals surface area contributed by atoms with E-state index in [4.69, 9.17) is 5.73 Å². The first-order valence-electron chi connectivity index (χ1n) is 5.92. The average Bonchev–Trinajstić information content (AvgIpc) is 2.95. The molecule has 2 fully saturated rings. The van der Waals surface area contributed by atoms with Crippen molar-refractivity contribution in [3.05, 3.63) is 0 Å². The highest BCUT2D eigenvalue weighted by atomic mass is 35.5. The second-order valence-electron chi connectivity index (χ2n) is 5.01. The summed E-state index contributed by atoms with van der Waals surface area (Å²) in [6, 6.07) is 0.787. The van der Waals surface area contributed by atoms with Gasteiger partial charge in [-0.05, 0) is 25.2 Å². The molecule has 1 heterocycles. The standard InChI is InChI=1S/C11H21N3O.ClH/c1-8-6-14(5-4-10(8)12)7-11(15)13-9-2-3-9;/h8-10H,2-7,12H2,1H3,(H,13,15);1H. The number of carbonyl (C=O) groups excluding carboxylic acids is 1. The van der Waals surface area contributed by atoms with Crippen LogP contribution in [0.2, 0.25) is 0 Å². The summed E-state index contributed by atoms with van der Waals surface area (Å²) >= 11 is 0. The maximum absolute atomic E-state index is 11.6. The van der Waals surface area contributed by atoms with Gasteiger partial charge in [-0.3, -0.25) is 9.69 Å². The van der Waals surface area contributed by atoms with Crippen LogP contribution in [-0.4, -0.2) is 42.5 Å². The van der Waals surface area contributed by atoms with Gasteiger partial charge in [0.05, 0.1) is 6.54 Å². The van der Waals surface area contributed by atoms with Crippen LogP contribution in [0.3, 0.4) is 0 Å². The molecule has 5 heteroatoms. The molecular formula is C11H22ClN3O. The lowest BCUT2D eigenvalue weighted by atomic mass is 9.95. The molecule has 1 aliphatic carbocycles. The molecule has 2 unspecified atom stereocenters. The highest BCUT2D eigenvalue weighted by molar-refractivity contribution is 5.85. The molecule has 2 rings (SSSR count). The highest BCUT2D eigenvalue weighted by Gasteiger charge is 2.27. The summed E-state index contributed by atoms with van der Waals surface area (Å²) in [6.07, 6.45) is 3.33. The Morgan fingerprint density at radius 1 is 1.44 bits per heavy atom. The van der Waals surface area contributed by atoms with Crippen molar-refractivity contribution in [2.24, 2.45) is 11.7 Å². The topological polar surface area (TPSA) is 58.4 Å². The van der Waals surface area contributed by atoms with Crippen LogP contribution in [0.25, 0.3) is 0 Å². The van der Waals surface area contributed by atoms with E-state index in [1.807, 2.05) is 0 Å². The van der Waals surface area contributed by atoms with Crippen LogP contribution >= 0.6 is 12.4 Å². The van der Waals surface area contributed by atoms with Gasteiger partial charge in [0.25, 0.3) is 0 Å². The van der Waals surface area contributed by atoms with Gasteiger partial charge in [0.1, 0.15) is 0 Å². The summed E-state index contributed by atoms with van der Waals surface area (Å²) in [6.45, 7) is 4.63. The van der Waals surface area contributed by atoms with Gasteiger partial charge in [0.2, 0.25) is 5.91 Å². The SMILES string of the molecule is CC1CN(CC(=O)NC2CC2)CCC1N.Cl. The van der Waals surface area contributed by atoms with Crippen molar-refractivity contribution < 1.29 is 4.79 Å². The molecule has 1 saturated heterocycles. The molecule has 0 aromatic heterocycles. The monoisotopic (exact) mass is 247 g/mol. The minimum Gasteiger partial charge on any atom is -0.352 e.